The number of nitrogens with zero attached hydrogens (tertiary/aromatic N) is 2. The van der Waals surface area contributed by atoms with Gasteiger partial charge in [-0.3, -0.25) is 0 Å². The number of rotatable bonds is 3. The van der Waals surface area contributed by atoms with Crippen LogP contribution < -0.4 is 4.90 Å². The molecule has 0 radical (unpaired) electrons. The van der Waals surface area contributed by atoms with Gasteiger partial charge in [0.05, 0.1) is 17.3 Å². The van der Waals surface area contributed by atoms with Crippen molar-refractivity contribution in [3.63, 3.8) is 0 Å². The maximum atomic E-state index is 13.2. The smallest absolute Gasteiger partial charge is 0.158 e. The summed E-state index contributed by atoms with van der Waals surface area (Å²) in [7, 11) is 0. The first-order valence-corrected chi connectivity index (χ1v) is 8.17. The van der Waals surface area contributed by atoms with Gasteiger partial charge in [-0.25, -0.2) is 4.39 Å². The summed E-state index contributed by atoms with van der Waals surface area (Å²) in [5.74, 6) is -0.236. The molecule has 2 aromatic carbocycles. The van der Waals surface area contributed by atoms with Gasteiger partial charge in [0.1, 0.15) is 5.82 Å². The van der Waals surface area contributed by atoms with Gasteiger partial charge in [0.25, 0.3) is 0 Å². The molecule has 0 unspecified atom stereocenters. The number of benzene rings is 2. The zero-order chi connectivity index (χ0) is 16.5. The van der Waals surface area contributed by atoms with Crippen LogP contribution in [0, 0.1) is 5.82 Å². The molecule has 3 nitrogen and oxygen atoms in total. The van der Waals surface area contributed by atoms with Gasteiger partial charge in [0, 0.05) is 30.2 Å². The van der Waals surface area contributed by atoms with Gasteiger partial charge in [-0.2, -0.15) is 0 Å². The predicted molar refractivity (Wildman–Crippen MR) is 93.2 cm³/mol. The van der Waals surface area contributed by atoms with E-state index in [1.54, 1.807) is 12.1 Å². The molecule has 1 saturated heterocycles. The summed E-state index contributed by atoms with van der Waals surface area (Å²) in [6.45, 7) is 1.41. The van der Waals surface area contributed by atoms with E-state index in [1.807, 2.05) is 47.3 Å². The number of ether oxygens (including phenoxy) is 1. The van der Waals surface area contributed by atoms with Crippen LogP contribution in [0.25, 0.3) is 5.69 Å². The number of hydrogen-bond donors (Lipinski definition) is 0. The highest BCUT2D eigenvalue weighted by Gasteiger charge is 2.28. The molecule has 1 fully saturated rings. The Labute approximate surface area is 144 Å². The Morgan fingerprint density at radius 2 is 1.83 bits per heavy atom. The van der Waals surface area contributed by atoms with E-state index >= 15 is 0 Å². The monoisotopic (exact) mass is 342 g/mol. The van der Waals surface area contributed by atoms with E-state index in [2.05, 4.69) is 4.90 Å². The van der Waals surface area contributed by atoms with Crippen LogP contribution in [0.3, 0.4) is 0 Å². The van der Waals surface area contributed by atoms with Crippen molar-refractivity contribution in [1.82, 2.24) is 4.57 Å². The van der Waals surface area contributed by atoms with E-state index in [1.165, 1.54) is 12.1 Å². The van der Waals surface area contributed by atoms with Gasteiger partial charge in [-0.15, -0.1) is 0 Å². The van der Waals surface area contributed by atoms with Crippen LogP contribution >= 0.6 is 11.6 Å². The average molecular weight is 343 g/mol. The average Bonchev–Trinajstić information content (AvgIpc) is 3.25. The standard InChI is InChI=1S/C19H16ClFN2O/c20-17-3-1-2-4-18(17)22-10-9-14(13-22)19-23(11-12-24-19)16-7-5-15(21)6-8-16/h1-10,13,19H,11-12H2/t19-/m0/s1. The molecule has 2 heterocycles. The second kappa shape index (κ2) is 6.30. The molecule has 3 aromatic rings. The van der Waals surface area contributed by atoms with Gasteiger partial charge in [0.15, 0.2) is 6.23 Å². The van der Waals surface area contributed by atoms with Crippen LogP contribution in [-0.2, 0) is 4.74 Å². The third kappa shape index (κ3) is 2.79. The molecule has 0 N–H and O–H groups in total. The lowest BCUT2D eigenvalue weighted by molar-refractivity contribution is 0.114. The molecule has 0 amide bonds. The minimum Gasteiger partial charge on any atom is -0.352 e. The van der Waals surface area contributed by atoms with Crippen molar-refractivity contribution in [1.29, 1.82) is 0 Å². The summed E-state index contributed by atoms with van der Waals surface area (Å²) >= 11 is 6.27. The van der Waals surface area contributed by atoms with E-state index in [0.717, 1.165) is 23.5 Å². The van der Waals surface area contributed by atoms with Crippen LogP contribution in [0.5, 0.6) is 0 Å². The normalized spacial score (nSPS) is 17.4. The molecule has 122 valence electrons. The fourth-order valence-corrected chi connectivity index (χ4v) is 3.25. The third-order valence-electron chi connectivity index (χ3n) is 4.18. The van der Waals surface area contributed by atoms with Gasteiger partial charge >= 0.3 is 0 Å². The van der Waals surface area contributed by atoms with Gasteiger partial charge in [-0.05, 0) is 42.5 Å². The first kappa shape index (κ1) is 15.2. The van der Waals surface area contributed by atoms with Gasteiger partial charge in [0.2, 0.25) is 0 Å². The van der Waals surface area contributed by atoms with Crippen LogP contribution in [0.1, 0.15) is 11.8 Å². The highest BCUT2D eigenvalue weighted by Crippen LogP contribution is 2.33. The molecule has 0 spiro atoms. The van der Waals surface area contributed by atoms with Gasteiger partial charge in [-0.1, -0.05) is 23.7 Å². The SMILES string of the molecule is Fc1ccc(N2CCO[C@H]2c2ccn(-c3ccccc3Cl)c2)cc1. The topological polar surface area (TPSA) is 17.4 Å². The van der Waals surface area contributed by atoms with Crippen molar-refractivity contribution in [2.45, 2.75) is 6.23 Å². The van der Waals surface area contributed by atoms with E-state index in [0.29, 0.717) is 11.6 Å². The van der Waals surface area contributed by atoms with Crippen LogP contribution in [0.2, 0.25) is 5.02 Å². The number of halogens is 2. The molecule has 0 aliphatic carbocycles. The number of aromatic nitrogens is 1. The molecule has 5 heteroatoms. The second-order valence-electron chi connectivity index (χ2n) is 5.70. The van der Waals surface area contributed by atoms with Crippen LogP contribution in [0.15, 0.2) is 67.0 Å². The molecule has 1 atom stereocenters. The highest BCUT2D eigenvalue weighted by molar-refractivity contribution is 6.32. The molecule has 24 heavy (non-hydrogen) atoms. The fraction of sp³-hybridized carbons (Fsp3) is 0.158. The van der Waals surface area contributed by atoms with Crippen molar-refractivity contribution in [2.75, 3.05) is 18.1 Å². The number of anilines is 1. The van der Waals surface area contributed by atoms with Gasteiger partial charge < -0.3 is 14.2 Å². The quantitative estimate of drug-likeness (QED) is 0.680. The fourth-order valence-electron chi connectivity index (χ4n) is 3.01. The largest absolute Gasteiger partial charge is 0.352 e. The lowest BCUT2D eigenvalue weighted by atomic mass is 10.2. The zero-order valence-electron chi connectivity index (χ0n) is 12.9. The van der Waals surface area contributed by atoms with Crippen molar-refractivity contribution in [3.05, 3.63) is 83.4 Å². The number of para-hydroxylation sites is 1. The maximum absolute atomic E-state index is 13.2. The molecule has 1 aliphatic rings. The van der Waals surface area contributed by atoms with E-state index in [-0.39, 0.29) is 12.0 Å². The Morgan fingerprint density at radius 1 is 1.04 bits per heavy atom. The second-order valence-corrected chi connectivity index (χ2v) is 6.10. The molecule has 1 aliphatic heterocycles. The van der Waals surface area contributed by atoms with Crippen LogP contribution in [-0.4, -0.2) is 17.7 Å². The highest BCUT2D eigenvalue weighted by atomic mass is 35.5. The van der Waals surface area contributed by atoms with E-state index in [4.69, 9.17) is 16.3 Å². The number of hydrogen-bond acceptors (Lipinski definition) is 2. The molecule has 0 bridgehead atoms. The minimum atomic E-state index is -0.236. The summed E-state index contributed by atoms with van der Waals surface area (Å²) < 4.78 is 21.0. The van der Waals surface area contributed by atoms with E-state index in [9.17, 15) is 4.39 Å². The lowest BCUT2D eigenvalue weighted by Gasteiger charge is -2.24. The molecular weight excluding hydrogens is 327 g/mol. The Bertz CT molecular complexity index is 847. The Balaban J connectivity index is 1.64. The predicted octanol–water partition coefficient (Wildman–Crippen LogP) is 4.81. The van der Waals surface area contributed by atoms with Crippen LogP contribution in [0.4, 0.5) is 10.1 Å². The van der Waals surface area contributed by atoms with Crippen molar-refractivity contribution in [2.24, 2.45) is 0 Å². The Hall–Kier alpha value is -2.30. The first-order valence-electron chi connectivity index (χ1n) is 7.79. The lowest BCUT2D eigenvalue weighted by Crippen LogP contribution is -2.22. The third-order valence-corrected chi connectivity index (χ3v) is 4.50. The zero-order valence-corrected chi connectivity index (χ0v) is 13.7. The molecule has 0 saturated carbocycles. The summed E-state index contributed by atoms with van der Waals surface area (Å²) in [6.07, 6.45) is 3.81. The molecule has 1 aromatic heterocycles. The summed E-state index contributed by atoms with van der Waals surface area (Å²) in [4.78, 5) is 2.13. The summed E-state index contributed by atoms with van der Waals surface area (Å²) in [6, 6.07) is 16.2. The molecular formula is C19H16ClFN2O. The van der Waals surface area contributed by atoms with Crippen molar-refractivity contribution in [3.8, 4) is 5.69 Å². The first-order chi connectivity index (χ1) is 11.7. The minimum absolute atomic E-state index is 0.181. The summed E-state index contributed by atoms with van der Waals surface area (Å²) in [5.41, 5.74) is 2.91. The summed E-state index contributed by atoms with van der Waals surface area (Å²) in [5, 5.41) is 0.697. The Kier molecular flexibility index (Phi) is 4.00. The van der Waals surface area contributed by atoms with E-state index < -0.39 is 0 Å². The molecule has 4 rings (SSSR count). The van der Waals surface area contributed by atoms with Crippen molar-refractivity contribution >= 4 is 17.3 Å². The van der Waals surface area contributed by atoms with Crippen molar-refractivity contribution < 1.29 is 9.13 Å². The maximum Gasteiger partial charge on any atom is 0.158 e. The Morgan fingerprint density at radius 3 is 2.62 bits per heavy atom.